The number of ketones is 1. The predicted molar refractivity (Wildman–Crippen MR) is 108 cm³/mol. The number of nitrogens with zero attached hydrogens (tertiary/aromatic N) is 2. The summed E-state index contributed by atoms with van der Waals surface area (Å²) in [6.45, 7) is 3.83. The molecule has 0 aliphatic carbocycles. The van der Waals surface area contributed by atoms with Gasteiger partial charge in [0, 0.05) is 16.8 Å². The molecule has 1 unspecified atom stereocenters. The van der Waals surface area contributed by atoms with E-state index in [9.17, 15) is 4.79 Å². The Morgan fingerprint density at radius 1 is 1.00 bits per heavy atom. The zero-order valence-corrected chi connectivity index (χ0v) is 15.6. The predicted octanol–water partition coefficient (Wildman–Crippen LogP) is 5.11. The van der Waals surface area contributed by atoms with E-state index in [1.807, 2.05) is 80.6 Å². The maximum absolute atomic E-state index is 13.5. The van der Waals surface area contributed by atoms with E-state index < -0.39 is 0 Å². The number of allylic oxidation sites excluding steroid dienone is 2. The summed E-state index contributed by atoms with van der Waals surface area (Å²) >= 11 is 0. The number of carbonyl (C=O) groups is 1. The SMILES string of the molecule is CC1=C(C(=O)c2ccccc2)C(c2ccc(C)o2)n2c(nc3ccccc32)N1. The van der Waals surface area contributed by atoms with Crippen LogP contribution in [0.1, 0.15) is 34.8 Å². The minimum Gasteiger partial charge on any atom is -0.464 e. The number of anilines is 1. The summed E-state index contributed by atoms with van der Waals surface area (Å²) in [5, 5.41) is 3.33. The van der Waals surface area contributed by atoms with Crippen molar-refractivity contribution in [1.82, 2.24) is 9.55 Å². The first kappa shape index (κ1) is 16.6. The van der Waals surface area contributed by atoms with E-state index in [0.29, 0.717) is 17.1 Å². The number of hydrogen-bond donors (Lipinski definition) is 1. The number of carbonyl (C=O) groups excluding carboxylic acids is 1. The molecule has 0 fully saturated rings. The largest absolute Gasteiger partial charge is 0.464 e. The minimum absolute atomic E-state index is 0.0203. The molecule has 1 aliphatic rings. The zero-order valence-electron chi connectivity index (χ0n) is 15.6. The third-order valence-electron chi connectivity index (χ3n) is 5.14. The Morgan fingerprint density at radius 2 is 1.75 bits per heavy atom. The van der Waals surface area contributed by atoms with E-state index >= 15 is 0 Å². The van der Waals surface area contributed by atoms with Crippen molar-refractivity contribution < 1.29 is 9.21 Å². The molecular weight excluding hydrogens is 350 g/mol. The van der Waals surface area contributed by atoms with Crippen molar-refractivity contribution >= 4 is 22.8 Å². The third kappa shape index (κ3) is 2.47. The topological polar surface area (TPSA) is 60.1 Å². The highest BCUT2D eigenvalue weighted by atomic mass is 16.3. The lowest BCUT2D eigenvalue weighted by molar-refractivity contribution is 0.102. The van der Waals surface area contributed by atoms with Gasteiger partial charge in [-0.1, -0.05) is 42.5 Å². The Hall–Kier alpha value is -3.60. The van der Waals surface area contributed by atoms with Gasteiger partial charge in [0.1, 0.15) is 17.6 Å². The summed E-state index contributed by atoms with van der Waals surface area (Å²) in [6, 6.07) is 20.8. The van der Waals surface area contributed by atoms with Crippen molar-refractivity contribution in [3.05, 3.63) is 95.1 Å². The van der Waals surface area contributed by atoms with Gasteiger partial charge in [-0.2, -0.15) is 0 Å². The molecule has 0 spiro atoms. The van der Waals surface area contributed by atoms with Crippen molar-refractivity contribution in [2.24, 2.45) is 0 Å². The summed E-state index contributed by atoms with van der Waals surface area (Å²) in [5.74, 6) is 2.22. The lowest BCUT2D eigenvalue weighted by Gasteiger charge is -2.29. The summed E-state index contributed by atoms with van der Waals surface area (Å²) < 4.78 is 8.05. The second kappa shape index (κ2) is 6.23. The van der Waals surface area contributed by atoms with Crippen molar-refractivity contribution in [2.75, 3.05) is 5.32 Å². The fourth-order valence-electron chi connectivity index (χ4n) is 3.87. The van der Waals surface area contributed by atoms with Crippen LogP contribution in [0.4, 0.5) is 5.95 Å². The molecule has 2 aromatic heterocycles. The van der Waals surface area contributed by atoms with Crippen molar-refractivity contribution in [1.29, 1.82) is 0 Å². The van der Waals surface area contributed by atoms with Crippen LogP contribution in [0.3, 0.4) is 0 Å². The van der Waals surface area contributed by atoms with E-state index in [1.165, 1.54) is 0 Å². The highest BCUT2D eigenvalue weighted by molar-refractivity contribution is 6.10. The van der Waals surface area contributed by atoms with Gasteiger partial charge >= 0.3 is 0 Å². The Bertz CT molecular complexity index is 1230. The smallest absolute Gasteiger partial charge is 0.209 e. The van der Waals surface area contributed by atoms with Gasteiger partial charge in [0.25, 0.3) is 0 Å². The molecule has 2 aromatic carbocycles. The molecule has 28 heavy (non-hydrogen) atoms. The normalized spacial score (nSPS) is 16.1. The Balaban J connectivity index is 1.76. The zero-order chi connectivity index (χ0) is 19.3. The second-order valence-corrected chi connectivity index (χ2v) is 7.00. The quantitative estimate of drug-likeness (QED) is 0.510. The number of hydrogen-bond acceptors (Lipinski definition) is 4. The maximum atomic E-state index is 13.5. The number of furan rings is 1. The van der Waals surface area contributed by atoms with Gasteiger partial charge in [-0.25, -0.2) is 4.98 Å². The highest BCUT2D eigenvalue weighted by Gasteiger charge is 2.36. The summed E-state index contributed by atoms with van der Waals surface area (Å²) in [6.07, 6.45) is 0. The van der Waals surface area contributed by atoms with Crippen LogP contribution in [0.15, 0.2) is 82.4 Å². The monoisotopic (exact) mass is 369 g/mol. The lowest BCUT2D eigenvalue weighted by atomic mass is 9.92. The number of para-hydroxylation sites is 2. The molecule has 0 radical (unpaired) electrons. The standard InChI is InChI=1S/C23H19N3O2/c1-14-12-13-19(28-14)21-20(22(27)16-8-4-3-5-9-16)15(2)24-23-25-17-10-6-7-11-18(17)26(21)23/h3-13,21H,1-2H3,(H,24,25). The first-order chi connectivity index (χ1) is 13.6. The van der Waals surface area contributed by atoms with Gasteiger partial charge in [0.15, 0.2) is 5.78 Å². The average Bonchev–Trinajstić information content (AvgIpc) is 3.30. The molecule has 0 saturated carbocycles. The lowest BCUT2D eigenvalue weighted by Crippen LogP contribution is -2.27. The number of fused-ring (bicyclic) bond motifs is 3. The van der Waals surface area contributed by atoms with Crippen LogP contribution in [0.5, 0.6) is 0 Å². The summed E-state index contributed by atoms with van der Waals surface area (Å²) in [7, 11) is 0. The van der Waals surface area contributed by atoms with Crippen LogP contribution in [0.2, 0.25) is 0 Å². The van der Waals surface area contributed by atoms with Gasteiger partial charge in [0.05, 0.1) is 11.0 Å². The van der Waals surface area contributed by atoms with Crippen LogP contribution in [-0.2, 0) is 0 Å². The van der Waals surface area contributed by atoms with E-state index in [0.717, 1.165) is 28.3 Å². The molecule has 5 nitrogen and oxygen atoms in total. The molecule has 0 bridgehead atoms. The van der Waals surface area contributed by atoms with Gasteiger partial charge in [-0.15, -0.1) is 0 Å². The first-order valence-electron chi connectivity index (χ1n) is 9.24. The highest BCUT2D eigenvalue weighted by Crippen LogP contribution is 2.40. The van der Waals surface area contributed by atoms with Gasteiger partial charge in [-0.3, -0.25) is 9.36 Å². The van der Waals surface area contributed by atoms with E-state index in [4.69, 9.17) is 9.40 Å². The van der Waals surface area contributed by atoms with Crippen molar-refractivity contribution in [3.8, 4) is 0 Å². The van der Waals surface area contributed by atoms with Crippen LogP contribution in [0.25, 0.3) is 11.0 Å². The fourth-order valence-corrected chi connectivity index (χ4v) is 3.87. The van der Waals surface area contributed by atoms with E-state index in [-0.39, 0.29) is 11.8 Å². The molecule has 5 heteroatoms. The number of rotatable bonds is 3. The van der Waals surface area contributed by atoms with Crippen LogP contribution >= 0.6 is 0 Å². The van der Waals surface area contributed by atoms with Crippen molar-refractivity contribution in [2.45, 2.75) is 19.9 Å². The number of aryl methyl sites for hydroxylation is 1. The molecule has 1 aliphatic heterocycles. The minimum atomic E-state index is -0.384. The van der Waals surface area contributed by atoms with Crippen LogP contribution in [-0.4, -0.2) is 15.3 Å². The summed E-state index contributed by atoms with van der Waals surface area (Å²) in [4.78, 5) is 18.2. The number of aromatic nitrogens is 2. The number of benzene rings is 2. The third-order valence-corrected chi connectivity index (χ3v) is 5.14. The molecule has 1 atom stereocenters. The molecule has 0 amide bonds. The van der Waals surface area contributed by atoms with Crippen molar-refractivity contribution in [3.63, 3.8) is 0 Å². The number of Topliss-reactive ketones (excluding diaryl/α,β-unsaturated/α-hetero) is 1. The Morgan fingerprint density at radius 3 is 2.50 bits per heavy atom. The van der Waals surface area contributed by atoms with Crippen LogP contribution < -0.4 is 5.32 Å². The number of imidazole rings is 1. The molecule has 4 aromatic rings. The van der Waals surface area contributed by atoms with Crippen LogP contribution in [0, 0.1) is 6.92 Å². The first-order valence-corrected chi connectivity index (χ1v) is 9.24. The second-order valence-electron chi connectivity index (χ2n) is 7.00. The average molecular weight is 369 g/mol. The van der Waals surface area contributed by atoms with E-state index in [1.54, 1.807) is 0 Å². The number of nitrogens with one attached hydrogen (secondary N) is 1. The fraction of sp³-hybridized carbons (Fsp3) is 0.130. The van der Waals surface area contributed by atoms with Gasteiger partial charge < -0.3 is 9.73 Å². The summed E-state index contributed by atoms with van der Waals surface area (Å²) in [5.41, 5.74) is 3.93. The molecule has 1 N–H and O–H groups in total. The van der Waals surface area contributed by atoms with E-state index in [2.05, 4.69) is 9.88 Å². The molecule has 3 heterocycles. The maximum Gasteiger partial charge on any atom is 0.209 e. The van der Waals surface area contributed by atoms with Gasteiger partial charge in [-0.05, 0) is 38.1 Å². The molecule has 0 saturated heterocycles. The Kier molecular flexibility index (Phi) is 3.69. The van der Waals surface area contributed by atoms with Gasteiger partial charge in [0.2, 0.25) is 5.95 Å². The molecule has 5 rings (SSSR count). The molecular formula is C23H19N3O2. The Labute approximate surface area is 162 Å². The molecule has 138 valence electrons.